The second-order valence-corrected chi connectivity index (χ2v) is 4.45. The molecule has 0 heterocycles. The molecular weight excluding hydrogens is 272 g/mol. The summed E-state index contributed by atoms with van der Waals surface area (Å²) in [6.45, 7) is 0. The maximum atomic E-state index is 5.27. The second kappa shape index (κ2) is 6.77. The molecule has 0 spiro atoms. The van der Waals surface area contributed by atoms with Gasteiger partial charge in [-0.25, -0.2) is 0 Å². The van der Waals surface area contributed by atoms with Crippen LogP contribution >= 0.6 is 12.2 Å². The Labute approximate surface area is 123 Å². The van der Waals surface area contributed by atoms with Crippen molar-refractivity contribution in [3.63, 3.8) is 0 Å². The topological polar surface area (TPSA) is 42.5 Å². The summed E-state index contributed by atoms with van der Waals surface area (Å²) in [5.41, 5.74) is 1.73. The molecule has 2 N–H and O–H groups in total. The minimum Gasteiger partial charge on any atom is -0.497 e. The Morgan fingerprint density at radius 1 is 0.850 bits per heavy atom. The highest BCUT2D eigenvalue weighted by Gasteiger charge is 2.01. The fourth-order valence-corrected chi connectivity index (χ4v) is 1.93. The fraction of sp³-hybridized carbons (Fsp3) is 0.133. The minimum atomic E-state index is 0.506. The van der Waals surface area contributed by atoms with E-state index in [0.29, 0.717) is 5.11 Å². The summed E-state index contributed by atoms with van der Waals surface area (Å²) >= 11 is 5.27. The lowest BCUT2D eigenvalue weighted by Gasteiger charge is -2.12. The Bertz CT molecular complexity index is 550. The van der Waals surface area contributed by atoms with Crippen molar-refractivity contribution < 1.29 is 9.47 Å². The van der Waals surface area contributed by atoms with E-state index >= 15 is 0 Å². The van der Waals surface area contributed by atoms with Gasteiger partial charge in [0.05, 0.1) is 14.2 Å². The van der Waals surface area contributed by atoms with Crippen molar-refractivity contribution in [1.82, 2.24) is 0 Å². The first-order chi connectivity index (χ1) is 9.71. The molecule has 2 aromatic carbocycles. The molecule has 0 atom stereocenters. The van der Waals surface area contributed by atoms with E-state index in [2.05, 4.69) is 10.6 Å². The molecular formula is C15H16N2O2S. The van der Waals surface area contributed by atoms with E-state index in [9.17, 15) is 0 Å². The molecule has 5 heteroatoms. The van der Waals surface area contributed by atoms with Crippen molar-refractivity contribution in [2.75, 3.05) is 24.9 Å². The first-order valence-corrected chi connectivity index (χ1v) is 6.48. The Kier molecular flexibility index (Phi) is 4.79. The van der Waals surface area contributed by atoms with Gasteiger partial charge in [0.2, 0.25) is 0 Å². The number of rotatable bonds is 4. The van der Waals surface area contributed by atoms with Gasteiger partial charge < -0.3 is 20.1 Å². The van der Waals surface area contributed by atoms with Crippen molar-refractivity contribution in [2.24, 2.45) is 0 Å². The maximum Gasteiger partial charge on any atom is 0.175 e. The number of benzene rings is 2. The van der Waals surface area contributed by atoms with E-state index in [0.717, 1.165) is 22.9 Å². The van der Waals surface area contributed by atoms with E-state index in [1.165, 1.54) is 0 Å². The zero-order valence-electron chi connectivity index (χ0n) is 11.3. The predicted molar refractivity (Wildman–Crippen MR) is 85.8 cm³/mol. The summed E-state index contributed by atoms with van der Waals surface area (Å²) in [4.78, 5) is 0. The molecule has 104 valence electrons. The van der Waals surface area contributed by atoms with Crippen LogP contribution in [0.2, 0.25) is 0 Å². The third-order valence-corrected chi connectivity index (χ3v) is 2.86. The Morgan fingerprint density at radius 3 is 1.70 bits per heavy atom. The Balaban J connectivity index is 2.01. The van der Waals surface area contributed by atoms with Crippen molar-refractivity contribution in [3.8, 4) is 11.5 Å². The third kappa shape index (κ3) is 3.86. The number of nitrogens with one attached hydrogen (secondary N) is 2. The molecule has 0 fully saturated rings. The van der Waals surface area contributed by atoms with Gasteiger partial charge in [0, 0.05) is 23.5 Å². The van der Waals surface area contributed by atoms with Crippen molar-refractivity contribution in [1.29, 1.82) is 0 Å². The highest BCUT2D eigenvalue weighted by Crippen LogP contribution is 2.19. The molecule has 0 aromatic heterocycles. The molecule has 2 rings (SSSR count). The monoisotopic (exact) mass is 288 g/mol. The van der Waals surface area contributed by atoms with E-state index < -0.39 is 0 Å². The van der Waals surface area contributed by atoms with Gasteiger partial charge in [-0.05, 0) is 36.5 Å². The van der Waals surface area contributed by atoms with Gasteiger partial charge in [-0.15, -0.1) is 0 Å². The van der Waals surface area contributed by atoms with Crippen molar-refractivity contribution >= 4 is 28.7 Å². The molecule has 4 nitrogen and oxygen atoms in total. The highest BCUT2D eigenvalue weighted by molar-refractivity contribution is 7.80. The molecule has 0 amide bonds. The van der Waals surface area contributed by atoms with Crippen LogP contribution in [0.3, 0.4) is 0 Å². The lowest BCUT2D eigenvalue weighted by atomic mass is 10.3. The number of thiocarbonyl (C=S) groups is 1. The molecule has 20 heavy (non-hydrogen) atoms. The second-order valence-electron chi connectivity index (χ2n) is 4.04. The summed E-state index contributed by atoms with van der Waals surface area (Å²) in [5, 5.41) is 6.71. The van der Waals surface area contributed by atoms with Gasteiger partial charge in [0.1, 0.15) is 11.5 Å². The molecule has 0 aliphatic rings. The van der Waals surface area contributed by atoms with E-state index in [4.69, 9.17) is 21.7 Å². The molecule has 0 bridgehead atoms. The van der Waals surface area contributed by atoms with Crippen LogP contribution in [0.15, 0.2) is 48.5 Å². The third-order valence-electron chi connectivity index (χ3n) is 2.66. The summed E-state index contributed by atoms with van der Waals surface area (Å²) in [6, 6.07) is 15.1. The van der Waals surface area contributed by atoms with Crippen molar-refractivity contribution in [3.05, 3.63) is 48.5 Å². The van der Waals surface area contributed by atoms with Gasteiger partial charge in [0.25, 0.3) is 0 Å². The van der Waals surface area contributed by atoms with Crippen LogP contribution in [0.5, 0.6) is 11.5 Å². The van der Waals surface area contributed by atoms with Crippen molar-refractivity contribution in [2.45, 2.75) is 0 Å². The van der Waals surface area contributed by atoms with Gasteiger partial charge in [-0.1, -0.05) is 12.1 Å². The lowest BCUT2D eigenvalue weighted by Crippen LogP contribution is -2.19. The van der Waals surface area contributed by atoms with E-state index in [-0.39, 0.29) is 0 Å². The van der Waals surface area contributed by atoms with Crippen LogP contribution in [0, 0.1) is 0 Å². The Hall–Kier alpha value is -2.27. The summed E-state index contributed by atoms with van der Waals surface area (Å²) < 4.78 is 10.3. The van der Waals surface area contributed by atoms with Gasteiger partial charge in [-0.2, -0.15) is 0 Å². The average Bonchev–Trinajstić information content (AvgIpc) is 2.47. The van der Waals surface area contributed by atoms with Gasteiger partial charge in [-0.3, -0.25) is 0 Å². The van der Waals surface area contributed by atoms with Crippen LogP contribution in [-0.2, 0) is 0 Å². The molecule has 0 aliphatic carbocycles. The fourth-order valence-electron chi connectivity index (χ4n) is 1.70. The minimum absolute atomic E-state index is 0.506. The number of hydrogen-bond acceptors (Lipinski definition) is 3. The van der Waals surface area contributed by atoms with Crippen LogP contribution in [0.25, 0.3) is 0 Å². The first kappa shape index (κ1) is 14.1. The summed E-state index contributed by atoms with van der Waals surface area (Å²) in [6.07, 6.45) is 0. The predicted octanol–water partition coefficient (Wildman–Crippen LogP) is 3.51. The van der Waals surface area contributed by atoms with Crippen LogP contribution in [0.1, 0.15) is 0 Å². The van der Waals surface area contributed by atoms with Crippen LogP contribution in [0.4, 0.5) is 11.4 Å². The van der Waals surface area contributed by atoms with Crippen LogP contribution < -0.4 is 20.1 Å². The Morgan fingerprint density at radius 2 is 1.30 bits per heavy atom. The molecule has 2 aromatic rings. The smallest absolute Gasteiger partial charge is 0.175 e. The largest absolute Gasteiger partial charge is 0.497 e. The number of anilines is 2. The average molecular weight is 288 g/mol. The normalized spacial score (nSPS) is 9.70. The van der Waals surface area contributed by atoms with E-state index in [1.54, 1.807) is 14.2 Å². The molecule has 0 radical (unpaired) electrons. The zero-order chi connectivity index (χ0) is 14.4. The molecule has 0 saturated carbocycles. The highest BCUT2D eigenvalue weighted by atomic mass is 32.1. The number of ether oxygens (including phenoxy) is 2. The molecule has 0 aliphatic heterocycles. The lowest BCUT2D eigenvalue weighted by molar-refractivity contribution is 0.415. The molecule has 0 saturated heterocycles. The quantitative estimate of drug-likeness (QED) is 0.843. The van der Waals surface area contributed by atoms with Gasteiger partial charge >= 0.3 is 0 Å². The summed E-state index contributed by atoms with van der Waals surface area (Å²) in [7, 11) is 3.26. The first-order valence-electron chi connectivity index (χ1n) is 6.07. The van der Waals surface area contributed by atoms with Gasteiger partial charge in [0.15, 0.2) is 5.11 Å². The van der Waals surface area contributed by atoms with E-state index in [1.807, 2.05) is 48.5 Å². The standard InChI is InChI=1S/C15H16N2O2S/c1-18-13-7-3-5-11(9-13)16-15(20)17-12-6-4-8-14(10-12)19-2/h3-10H,1-2H3,(H2,16,17,20). The SMILES string of the molecule is COc1cccc(NC(=S)Nc2cccc(OC)c2)c1. The maximum absolute atomic E-state index is 5.27. The number of methoxy groups -OCH3 is 2. The van der Waals surface area contributed by atoms with Crippen LogP contribution in [-0.4, -0.2) is 19.3 Å². The zero-order valence-corrected chi connectivity index (χ0v) is 12.2. The summed E-state index contributed by atoms with van der Waals surface area (Å²) in [5.74, 6) is 1.55. The molecule has 0 unspecified atom stereocenters. The number of hydrogen-bond donors (Lipinski definition) is 2.